The number of anilines is 1. The smallest absolute Gasteiger partial charge is 0.164 e. The number of aryl methyl sites for hydroxylation is 2. The second kappa shape index (κ2) is 6.95. The van der Waals surface area contributed by atoms with Crippen molar-refractivity contribution in [1.29, 1.82) is 0 Å². The second-order valence-corrected chi connectivity index (χ2v) is 10.3. The summed E-state index contributed by atoms with van der Waals surface area (Å²) in [6, 6.07) is 12.3. The summed E-state index contributed by atoms with van der Waals surface area (Å²) in [6.45, 7) is 4.09. The van der Waals surface area contributed by atoms with Crippen molar-refractivity contribution in [3.63, 3.8) is 0 Å². The maximum Gasteiger partial charge on any atom is 0.164 e. The van der Waals surface area contributed by atoms with Gasteiger partial charge >= 0.3 is 0 Å². The second-order valence-electron chi connectivity index (χ2n) is 7.20. The normalized spacial score (nSPS) is 23.4. The summed E-state index contributed by atoms with van der Waals surface area (Å²) in [5, 5.41) is 0.844. The Morgan fingerprint density at radius 1 is 1.15 bits per heavy atom. The van der Waals surface area contributed by atoms with E-state index in [1.165, 1.54) is 17.7 Å². The van der Waals surface area contributed by atoms with Crippen LogP contribution in [0.4, 0.5) is 10.1 Å². The van der Waals surface area contributed by atoms with E-state index in [0.29, 0.717) is 5.75 Å². The topological polar surface area (TPSA) is 49.7 Å². The molecule has 2 aromatic rings. The quantitative estimate of drug-likeness (QED) is 0.782. The largest absolute Gasteiger partial charge is 0.315 e. The van der Waals surface area contributed by atoms with Crippen molar-refractivity contribution in [1.82, 2.24) is 0 Å². The Labute approximate surface area is 163 Å². The maximum absolute atomic E-state index is 13.1. The lowest BCUT2D eigenvalue weighted by molar-refractivity contribution is 0.601. The molecule has 1 fully saturated rings. The van der Waals surface area contributed by atoms with E-state index >= 15 is 0 Å². The van der Waals surface area contributed by atoms with E-state index < -0.39 is 9.84 Å². The highest BCUT2D eigenvalue weighted by Gasteiger charge is 2.47. The first-order chi connectivity index (χ1) is 12.8. The van der Waals surface area contributed by atoms with E-state index in [-0.39, 0.29) is 29.4 Å². The zero-order valence-corrected chi connectivity index (χ0v) is 16.9. The van der Waals surface area contributed by atoms with Crippen LogP contribution in [0.2, 0.25) is 0 Å². The van der Waals surface area contributed by atoms with Crippen LogP contribution < -0.4 is 4.90 Å². The third-order valence-corrected chi connectivity index (χ3v) is 7.74. The van der Waals surface area contributed by atoms with Gasteiger partial charge in [0.05, 0.1) is 23.6 Å². The van der Waals surface area contributed by atoms with Crippen molar-refractivity contribution >= 4 is 32.5 Å². The van der Waals surface area contributed by atoms with Crippen molar-refractivity contribution in [2.75, 3.05) is 16.4 Å². The fourth-order valence-electron chi connectivity index (χ4n) is 3.72. The van der Waals surface area contributed by atoms with Crippen molar-refractivity contribution in [2.45, 2.75) is 31.7 Å². The number of benzene rings is 2. The maximum atomic E-state index is 13.1. The van der Waals surface area contributed by atoms with Gasteiger partial charge in [-0.05, 0) is 43.2 Å². The van der Waals surface area contributed by atoms with E-state index in [0.717, 1.165) is 22.0 Å². The van der Waals surface area contributed by atoms with Crippen LogP contribution in [0.25, 0.3) is 0 Å². The van der Waals surface area contributed by atoms with Crippen LogP contribution in [0.15, 0.2) is 47.5 Å². The molecular weight excluding hydrogens is 383 g/mol. The summed E-state index contributed by atoms with van der Waals surface area (Å²) in [7, 11) is -3.06. The van der Waals surface area contributed by atoms with Crippen molar-refractivity contribution in [3.8, 4) is 0 Å². The van der Waals surface area contributed by atoms with Gasteiger partial charge in [0.2, 0.25) is 0 Å². The third kappa shape index (κ3) is 3.75. The van der Waals surface area contributed by atoms with Crippen LogP contribution in [0.3, 0.4) is 0 Å². The lowest BCUT2D eigenvalue weighted by Gasteiger charge is -2.28. The number of sulfone groups is 1. The molecule has 0 aromatic heterocycles. The molecule has 0 bridgehead atoms. The van der Waals surface area contributed by atoms with Crippen LogP contribution in [0, 0.1) is 19.7 Å². The van der Waals surface area contributed by atoms with Gasteiger partial charge in [0.15, 0.2) is 15.0 Å². The number of nitrogens with zero attached hydrogens (tertiary/aromatic N) is 2. The molecule has 0 saturated carbocycles. The van der Waals surface area contributed by atoms with E-state index in [9.17, 15) is 12.8 Å². The number of fused-ring (bicyclic) bond motifs is 1. The van der Waals surface area contributed by atoms with Crippen LogP contribution in [-0.2, 0) is 15.6 Å². The van der Waals surface area contributed by atoms with Gasteiger partial charge in [-0.1, -0.05) is 41.6 Å². The SMILES string of the molecule is Cc1ccc(N2C(SCc3ccc(F)cc3)=NC3CS(=O)(=O)CC32)c(C)c1. The molecule has 0 N–H and O–H groups in total. The number of hydrogen-bond donors (Lipinski definition) is 0. The average Bonchev–Trinajstić information content (AvgIpc) is 3.06. The summed E-state index contributed by atoms with van der Waals surface area (Å²) in [6.07, 6.45) is 0. The van der Waals surface area contributed by atoms with Gasteiger partial charge in [-0.2, -0.15) is 0 Å². The molecule has 2 atom stereocenters. The first kappa shape index (κ1) is 18.5. The zero-order chi connectivity index (χ0) is 19.2. The minimum absolute atomic E-state index is 0.111. The number of halogens is 1. The Morgan fingerprint density at radius 3 is 2.59 bits per heavy atom. The van der Waals surface area contributed by atoms with Crippen LogP contribution >= 0.6 is 11.8 Å². The van der Waals surface area contributed by atoms with Crippen LogP contribution in [0.5, 0.6) is 0 Å². The number of amidine groups is 1. The molecule has 7 heteroatoms. The van der Waals surface area contributed by atoms with E-state index in [1.54, 1.807) is 23.9 Å². The number of thioether (sulfide) groups is 1. The molecule has 27 heavy (non-hydrogen) atoms. The predicted molar refractivity (Wildman–Crippen MR) is 110 cm³/mol. The molecular formula is C20H21FN2O2S2. The summed E-state index contributed by atoms with van der Waals surface area (Å²) >= 11 is 1.57. The standard InChI is InChI=1S/C20H21FN2O2S2/c1-13-3-8-18(14(2)9-13)23-19-12-27(24,25)11-17(19)22-20(23)26-10-15-4-6-16(21)7-5-15/h3-9,17,19H,10-12H2,1-2H3. The Hall–Kier alpha value is -1.86. The highest BCUT2D eigenvalue weighted by atomic mass is 32.2. The Kier molecular flexibility index (Phi) is 4.76. The van der Waals surface area contributed by atoms with Gasteiger partial charge < -0.3 is 4.90 Å². The molecule has 2 aliphatic heterocycles. The molecule has 0 aliphatic carbocycles. The summed E-state index contributed by atoms with van der Waals surface area (Å²) in [5.41, 5.74) is 4.29. The van der Waals surface area contributed by atoms with Gasteiger partial charge in [0, 0.05) is 11.4 Å². The first-order valence-electron chi connectivity index (χ1n) is 8.84. The average molecular weight is 405 g/mol. The molecule has 1 saturated heterocycles. The molecule has 0 amide bonds. The fourth-order valence-corrected chi connectivity index (χ4v) is 6.63. The van der Waals surface area contributed by atoms with Gasteiger partial charge in [0.25, 0.3) is 0 Å². The highest BCUT2D eigenvalue weighted by molar-refractivity contribution is 8.13. The molecule has 2 aromatic carbocycles. The third-order valence-electron chi connectivity index (χ3n) is 5.00. The summed E-state index contributed by atoms with van der Waals surface area (Å²) < 4.78 is 37.4. The van der Waals surface area contributed by atoms with Gasteiger partial charge in [0.1, 0.15) is 5.82 Å². The monoisotopic (exact) mass is 404 g/mol. The van der Waals surface area contributed by atoms with Crippen LogP contribution in [-0.4, -0.2) is 37.2 Å². The van der Waals surface area contributed by atoms with E-state index in [4.69, 9.17) is 4.99 Å². The molecule has 0 spiro atoms. The Balaban J connectivity index is 1.64. The van der Waals surface area contributed by atoms with E-state index in [2.05, 4.69) is 11.0 Å². The molecule has 4 nitrogen and oxygen atoms in total. The first-order valence-corrected chi connectivity index (χ1v) is 11.6. The number of hydrogen-bond acceptors (Lipinski definition) is 5. The minimum atomic E-state index is -3.06. The summed E-state index contributed by atoms with van der Waals surface area (Å²) in [5.74, 6) is 0.653. The van der Waals surface area contributed by atoms with Gasteiger partial charge in [-0.3, -0.25) is 4.99 Å². The van der Waals surface area contributed by atoms with Gasteiger partial charge in [-0.15, -0.1) is 0 Å². The predicted octanol–water partition coefficient (Wildman–Crippen LogP) is 3.72. The van der Waals surface area contributed by atoms with Crippen molar-refractivity contribution < 1.29 is 12.8 Å². The molecule has 4 rings (SSSR count). The lowest BCUT2D eigenvalue weighted by atomic mass is 10.1. The molecule has 142 valence electrons. The summed E-state index contributed by atoms with van der Waals surface area (Å²) in [4.78, 5) is 6.85. The molecule has 2 unspecified atom stereocenters. The van der Waals surface area contributed by atoms with Crippen molar-refractivity contribution in [2.24, 2.45) is 4.99 Å². The molecule has 2 heterocycles. The fraction of sp³-hybridized carbons (Fsp3) is 0.350. The van der Waals surface area contributed by atoms with Crippen molar-refractivity contribution in [3.05, 3.63) is 65.0 Å². The molecule has 0 radical (unpaired) electrons. The Bertz CT molecular complexity index is 1000. The van der Waals surface area contributed by atoms with Gasteiger partial charge in [-0.25, -0.2) is 12.8 Å². The number of rotatable bonds is 3. The van der Waals surface area contributed by atoms with Crippen LogP contribution in [0.1, 0.15) is 16.7 Å². The Morgan fingerprint density at radius 2 is 1.89 bits per heavy atom. The number of aliphatic imine (C=N–C) groups is 1. The zero-order valence-electron chi connectivity index (χ0n) is 15.2. The molecule has 2 aliphatic rings. The lowest BCUT2D eigenvalue weighted by Crippen LogP contribution is -2.39. The van der Waals surface area contributed by atoms with E-state index in [1.807, 2.05) is 26.0 Å². The highest BCUT2D eigenvalue weighted by Crippen LogP contribution is 2.37. The minimum Gasteiger partial charge on any atom is -0.315 e.